The molecule has 0 amide bonds. The highest BCUT2D eigenvalue weighted by Gasteiger charge is 2.23. The average molecular weight is 277 g/mol. The number of anilines is 1. The van der Waals surface area contributed by atoms with Crippen molar-refractivity contribution in [1.29, 1.82) is 0 Å². The van der Waals surface area contributed by atoms with E-state index >= 15 is 0 Å². The predicted molar refractivity (Wildman–Crippen MR) is 72.7 cm³/mol. The maximum atomic E-state index is 11.0. The smallest absolute Gasteiger partial charge is 0.333 e. The van der Waals surface area contributed by atoms with Crippen LogP contribution in [0.1, 0.15) is 11.3 Å². The lowest BCUT2D eigenvalue weighted by molar-refractivity contribution is -0.384. The van der Waals surface area contributed by atoms with Crippen molar-refractivity contribution in [2.75, 3.05) is 12.4 Å². The molecule has 0 atom stereocenters. The van der Waals surface area contributed by atoms with Gasteiger partial charge in [-0.15, -0.1) is 0 Å². The second kappa shape index (κ2) is 5.55. The van der Waals surface area contributed by atoms with Crippen LogP contribution in [0.15, 0.2) is 18.3 Å². The molecule has 0 bridgehead atoms. The van der Waals surface area contributed by atoms with Crippen LogP contribution in [0.2, 0.25) is 0 Å². The van der Waals surface area contributed by atoms with E-state index in [-0.39, 0.29) is 5.69 Å². The lowest BCUT2D eigenvalue weighted by Crippen LogP contribution is -2.06. The first-order chi connectivity index (χ1) is 9.52. The van der Waals surface area contributed by atoms with Crippen LogP contribution >= 0.6 is 0 Å². The summed E-state index contributed by atoms with van der Waals surface area (Å²) in [7, 11) is 3.20. The van der Waals surface area contributed by atoms with Crippen molar-refractivity contribution in [2.45, 2.75) is 13.5 Å². The zero-order valence-electron chi connectivity index (χ0n) is 11.5. The number of pyridine rings is 1. The van der Waals surface area contributed by atoms with Gasteiger partial charge in [0.1, 0.15) is 5.69 Å². The van der Waals surface area contributed by atoms with Crippen LogP contribution in [0.3, 0.4) is 0 Å². The first-order valence-electron chi connectivity index (χ1n) is 5.93. The van der Waals surface area contributed by atoms with Gasteiger partial charge in [0.15, 0.2) is 0 Å². The Kier molecular flexibility index (Phi) is 3.83. The molecule has 0 aromatic carbocycles. The Morgan fingerprint density at radius 2 is 2.30 bits per heavy atom. The summed E-state index contributed by atoms with van der Waals surface area (Å²) in [4.78, 5) is 14.6. The zero-order valence-corrected chi connectivity index (χ0v) is 11.5. The number of hydrogen-bond donors (Lipinski definition) is 1. The van der Waals surface area contributed by atoms with Gasteiger partial charge in [-0.05, 0) is 18.6 Å². The Labute approximate surface area is 115 Å². The van der Waals surface area contributed by atoms with Crippen LogP contribution in [0.25, 0.3) is 0 Å². The van der Waals surface area contributed by atoms with E-state index in [2.05, 4.69) is 15.4 Å². The molecular formula is C12H15N5O3. The summed E-state index contributed by atoms with van der Waals surface area (Å²) >= 11 is 0. The zero-order chi connectivity index (χ0) is 14.7. The number of hydrogen-bond acceptors (Lipinski definition) is 6. The van der Waals surface area contributed by atoms with E-state index in [4.69, 9.17) is 4.74 Å². The fraction of sp³-hybridized carbons (Fsp3) is 0.333. The molecule has 0 saturated heterocycles. The van der Waals surface area contributed by atoms with Crippen molar-refractivity contribution in [1.82, 2.24) is 14.8 Å². The summed E-state index contributed by atoms with van der Waals surface area (Å²) in [6, 6.07) is 3.58. The number of nitro groups is 1. The summed E-state index contributed by atoms with van der Waals surface area (Å²) in [5, 5.41) is 18.1. The van der Waals surface area contributed by atoms with Crippen molar-refractivity contribution in [2.24, 2.45) is 7.05 Å². The monoisotopic (exact) mass is 277 g/mol. The topological polar surface area (TPSA) is 95.1 Å². The van der Waals surface area contributed by atoms with Crippen LogP contribution in [0, 0.1) is 17.0 Å². The summed E-state index contributed by atoms with van der Waals surface area (Å²) < 4.78 is 6.50. The van der Waals surface area contributed by atoms with Crippen molar-refractivity contribution in [3.8, 4) is 5.88 Å². The van der Waals surface area contributed by atoms with E-state index in [1.165, 1.54) is 11.8 Å². The number of methoxy groups -OCH3 is 1. The Balaban J connectivity index is 2.20. The van der Waals surface area contributed by atoms with Crippen molar-refractivity contribution >= 4 is 11.5 Å². The van der Waals surface area contributed by atoms with Crippen LogP contribution < -0.4 is 10.1 Å². The molecule has 0 aliphatic heterocycles. The maximum absolute atomic E-state index is 11.0. The van der Waals surface area contributed by atoms with Crippen LogP contribution in [0.4, 0.5) is 11.5 Å². The van der Waals surface area contributed by atoms with E-state index in [9.17, 15) is 10.1 Å². The third kappa shape index (κ3) is 2.68. The molecule has 0 spiro atoms. The number of nitrogens with one attached hydrogen (secondary N) is 1. The molecule has 0 unspecified atom stereocenters. The fourth-order valence-corrected chi connectivity index (χ4v) is 1.92. The molecule has 2 rings (SSSR count). The van der Waals surface area contributed by atoms with E-state index in [0.717, 1.165) is 5.56 Å². The van der Waals surface area contributed by atoms with Crippen molar-refractivity contribution < 1.29 is 9.66 Å². The highest BCUT2D eigenvalue weighted by molar-refractivity contribution is 5.59. The van der Waals surface area contributed by atoms with Gasteiger partial charge in [-0.25, -0.2) is 9.67 Å². The van der Waals surface area contributed by atoms with Crippen LogP contribution in [-0.4, -0.2) is 26.8 Å². The fourth-order valence-electron chi connectivity index (χ4n) is 1.92. The molecule has 0 radical (unpaired) electrons. The van der Waals surface area contributed by atoms with E-state index in [0.29, 0.717) is 23.9 Å². The lowest BCUT2D eigenvalue weighted by Gasteiger charge is -2.07. The van der Waals surface area contributed by atoms with Gasteiger partial charge in [0.25, 0.3) is 0 Å². The normalized spacial score (nSPS) is 10.3. The molecule has 2 aromatic heterocycles. The third-order valence-electron chi connectivity index (χ3n) is 2.84. The molecule has 20 heavy (non-hydrogen) atoms. The first kappa shape index (κ1) is 13.8. The molecule has 8 heteroatoms. The maximum Gasteiger partial charge on any atom is 0.333 e. The molecule has 8 nitrogen and oxygen atoms in total. The Morgan fingerprint density at radius 3 is 2.95 bits per heavy atom. The van der Waals surface area contributed by atoms with Crippen molar-refractivity contribution in [3.05, 3.63) is 39.7 Å². The van der Waals surface area contributed by atoms with Gasteiger partial charge in [-0.1, -0.05) is 0 Å². The van der Waals surface area contributed by atoms with E-state index in [1.807, 2.05) is 6.07 Å². The molecule has 1 N–H and O–H groups in total. The van der Waals surface area contributed by atoms with Gasteiger partial charge in [-0.2, -0.15) is 5.10 Å². The summed E-state index contributed by atoms with van der Waals surface area (Å²) in [5.74, 6) is 0.878. The largest absolute Gasteiger partial charge is 0.481 e. The summed E-state index contributed by atoms with van der Waals surface area (Å²) in [5.41, 5.74) is 1.28. The molecular weight excluding hydrogens is 262 g/mol. The molecule has 0 aliphatic carbocycles. The molecule has 2 heterocycles. The molecule has 0 aliphatic rings. The second-order valence-corrected chi connectivity index (χ2v) is 4.22. The van der Waals surface area contributed by atoms with Gasteiger partial charge in [0, 0.05) is 25.9 Å². The Hall–Kier alpha value is -2.64. The van der Waals surface area contributed by atoms with E-state index in [1.54, 1.807) is 26.2 Å². The average Bonchev–Trinajstić information content (AvgIpc) is 2.71. The number of nitrogens with zero attached hydrogens (tertiary/aromatic N) is 4. The van der Waals surface area contributed by atoms with Gasteiger partial charge in [0.05, 0.1) is 12.0 Å². The van der Waals surface area contributed by atoms with Gasteiger partial charge >= 0.3 is 5.69 Å². The highest BCUT2D eigenvalue weighted by Crippen LogP contribution is 2.27. The highest BCUT2D eigenvalue weighted by atomic mass is 16.6. The van der Waals surface area contributed by atoms with Gasteiger partial charge in [-0.3, -0.25) is 10.1 Å². The van der Waals surface area contributed by atoms with Gasteiger partial charge in [0.2, 0.25) is 11.7 Å². The predicted octanol–water partition coefficient (Wildman–Crippen LogP) is 1.65. The minimum atomic E-state index is -0.433. The second-order valence-electron chi connectivity index (χ2n) is 4.22. The summed E-state index contributed by atoms with van der Waals surface area (Å²) in [6.07, 6.45) is 1.62. The SMILES string of the molecule is COc1cc(CNc2c([N+](=O)[O-])c(C)nn2C)ccn1. The lowest BCUT2D eigenvalue weighted by atomic mass is 10.2. The quantitative estimate of drug-likeness (QED) is 0.659. The number of aryl methyl sites for hydroxylation is 2. The Morgan fingerprint density at radius 1 is 1.55 bits per heavy atom. The molecule has 0 fully saturated rings. The minimum Gasteiger partial charge on any atom is -0.481 e. The van der Waals surface area contributed by atoms with Crippen LogP contribution in [-0.2, 0) is 13.6 Å². The number of rotatable bonds is 5. The van der Waals surface area contributed by atoms with Crippen LogP contribution in [0.5, 0.6) is 5.88 Å². The molecule has 0 saturated carbocycles. The summed E-state index contributed by atoms with van der Waals surface area (Å²) in [6.45, 7) is 2.03. The minimum absolute atomic E-state index is 0.00600. The van der Waals surface area contributed by atoms with Crippen molar-refractivity contribution in [3.63, 3.8) is 0 Å². The number of ether oxygens (including phenoxy) is 1. The van der Waals surface area contributed by atoms with Gasteiger partial charge < -0.3 is 10.1 Å². The third-order valence-corrected chi connectivity index (χ3v) is 2.84. The molecule has 2 aromatic rings. The first-order valence-corrected chi connectivity index (χ1v) is 5.93. The Bertz CT molecular complexity index is 638. The molecule has 106 valence electrons. The van der Waals surface area contributed by atoms with E-state index < -0.39 is 4.92 Å². The number of aromatic nitrogens is 3. The standard InChI is InChI=1S/C12H15N5O3/c1-8-11(17(18)19)12(16(2)15-8)14-7-9-4-5-13-10(6-9)20-3/h4-6,14H,7H2,1-3H3.